The summed E-state index contributed by atoms with van der Waals surface area (Å²) >= 11 is 6.49. The molecule has 1 fully saturated rings. The molecule has 0 radical (unpaired) electrons. The molecule has 230 valence electrons. The number of sulfonamides is 1. The Morgan fingerprint density at radius 3 is 2.21 bits per heavy atom. The van der Waals surface area contributed by atoms with Gasteiger partial charge in [-0.2, -0.15) is 0 Å². The van der Waals surface area contributed by atoms with Crippen molar-refractivity contribution in [2.24, 2.45) is 0 Å². The number of rotatable bonds is 13. The van der Waals surface area contributed by atoms with Gasteiger partial charge in [-0.25, -0.2) is 8.42 Å². The summed E-state index contributed by atoms with van der Waals surface area (Å²) in [6, 6.07) is 21.0. The molecule has 1 aliphatic carbocycles. The van der Waals surface area contributed by atoms with Gasteiger partial charge in [-0.15, -0.1) is 0 Å². The maximum Gasteiger partial charge on any atom is 0.264 e. The minimum Gasteiger partial charge on any atom is -0.494 e. The Balaban J connectivity index is 1.70. The molecule has 3 aromatic carbocycles. The minimum atomic E-state index is -4.15. The van der Waals surface area contributed by atoms with Crippen LogP contribution in [0.3, 0.4) is 0 Å². The van der Waals surface area contributed by atoms with Crippen LogP contribution < -0.4 is 14.4 Å². The third kappa shape index (κ3) is 8.30. The minimum absolute atomic E-state index is 0.0522. The van der Waals surface area contributed by atoms with Gasteiger partial charge in [0, 0.05) is 17.6 Å². The number of hydrogen-bond acceptors (Lipinski definition) is 5. The molecule has 0 spiro atoms. The van der Waals surface area contributed by atoms with Crippen molar-refractivity contribution < 1.29 is 22.7 Å². The molecule has 0 heterocycles. The summed E-state index contributed by atoms with van der Waals surface area (Å²) in [6.07, 6.45) is 5.42. The summed E-state index contributed by atoms with van der Waals surface area (Å²) in [5.74, 6) is -0.173. The third-order valence-electron chi connectivity index (χ3n) is 7.68. The van der Waals surface area contributed by atoms with Crippen LogP contribution in [0.4, 0.5) is 5.69 Å². The molecular weight excluding hydrogens is 586 g/mol. The van der Waals surface area contributed by atoms with Crippen LogP contribution in [-0.2, 0) is 26.2 Å². The first-order valence-corrected chi connectivity index (χ1v) is 16.7. The molecule has 8 nitrogen and oxygen atoms in total. The average molecular weight is 626 g/mol. The molecule has 0 aliphatic heterocycles. The van der Waals surface area contributed by atoms with Crippen LogP contribution in [0.5, 0.6) is 5.75 Å². The number of ether oxygens (including phenoxy) is 1. The van der Waals surface area contributed by atoms with Gasteiger partial charge in [0.05, 0.1) is 17.2 Å². The molecule has 43 heavy (non-hydrogen) atoms. The fraction of sp³-hybridized carbons (Fsp3) is 0.394. The van der Waals surface area contributed by atoms with E-state index >= 15 is 0 Å². The molecule has 10 heteroatoms. The Hall–Kier alpha value is -3.56. The number of nitrogens with zero attached hydrogens (tertiary/aromatic N) is 2. The number of halogens is 1. The molecule has 4 rings (SSSR count). The summed E-state index contributed by atoms with van der Waals surface area (Å²) in [5.41, 5.74) is 0.970. The van der Waals surface area contributed by atoms with Gasteiger partial charge in [0.15, 0.2) is 0 Å². The lowest BCUT2D eigenvalue weighted by Gasteiger charge is -2.34. The molecule has 1 saturated carbocycles. The number of carbonyl (C=O) groups is 2. The predicted molar refractivity (Wildman–Crippen MR) is 170 cm³/mol. The number of amides is 2. The van der Waals surface area contributed by atoms with Crippen molar-refractivity contribution in [3.8, 4) is 5.75 Å². The Labute approximate surface area is 260 Å². The third-order valence-corrected chi connectivity index (χ3v) is 9.84. The Bertz CT molecular complexity index is 1460. The van der Waals surface area contributed by atoms with E-state index in [-0.39, 0.29) is 23.4 Å². The van der Waals surface area contributed by atoms with E-state index in [9.17, 15) is 18.0 Å². The SMILES string of the molecule is CCOc1ccc(N(CC(=O)N(Cc2ccccc2Cl)[C@@H](CC)C(=O)NC2CCCCC2)S(=O)(=O)c2ccccc2)cc1. The molecule has 0 aromatic heterocycles. The van der Waals surface area contributed by atoms with Gasteiger partial charge in [0.1, 0.15) is 18.3 Å². The highest BCUT2D eigenvalue weighted by Crippen LogP contribution is 2.28. The van der Waals surface area contributed by atoms with Crippen LogP contribution in [0.1, 0.15) is 57.9 Å². The van der Waals surface area contributed by atoms with Crippen LogP contribution in [0.25, 0.3) is 0 Å². The number of hydrogen-bond donors (Lipinski definition) is 1. The average Bonchev–Trinajstić information content (AvgIpc) is 3.02. The highest BCUT2D eigenvalue weighted by atomic mass is 35.5. The topological polar surface area (TPSA) is 96.0 Å². The molecule has 3 aromatic rings. The largest absolute Gasteiger partial charge is 0.494 e. The zero-order valence-corrected chi connectivity index (χ0v) is 26.3. The lowest BCUT2D eigenvalue weighted by molar-refractivity contribution is -0.140. The van der Waals surface area contributed by atoms with Crippen LogP contribution in [-0.4, -0.2) is 50.4 Å². The van der Waals surface area contributed by atoms with E-state index in [4.69, 9.17) is 16.3 Å². The second-order valence-electron chi connectivity index (χ2n) is 10.6. The van der Waals surface area contributed by atoms with Crippen LogP contribution >= 0.6 is 11.6 Å². The molecular formula is C33H40ClN3O5S. The van der Waals surface area contributed by atoms with Crippen LogP contribution in [0.15, 0.2) is 83.8 Å². The summed E-state index contributed by atoms with van der Waals surface area (Å²) in [4.78, 5) is 29.4. The molecule has 2 amide bonds. The van der Waals surface area contributed by atoms with Gasteiger partial charge in [-0.05, 0) is 74.2 Å². The summed E-state index contributed by atoms with van der Waals surface area (Å²) in [7, 11) is -4.15. The Morgan fingerprint density at radius 1 is 0.930 bits per heavy atom. The van der Waals surface area contributed by atoms with Gasteiger partial charge in [-0.3, -0.25) is 13.9 Å². The monoisotopic (exact) mass is 625 g/mol. The van der Waals surface area contributed by atoms with Gasteiger partial charge in [0.2, 0.25) is 11.8 Å². The van der Waals surface area contributed by atoms with Gasteiger partial charge < -0.3 is 15.0 Å². The number of carbonyl (C=O) groups excluding carboxylic acids is 2. The maximum absolute atomic E-state index is 14.3. The lowest BCUT2D eigenvalue weighted by atomic mass is 9.95. The second-order valence-corrected chi connectivity index (χ2v) is 12.9. The summed E-state index contributed by atoms with van der Waals surface area (Å²) in [6.45, 7) is 3.71. The molecule has 0 unspecified atom stereocenters. The van der Waals surface area contributed by atoms with E-state index in [1.165, 1.54) is 17.0 Å². The van der Waals surface area contributed by atoms with Crippen molar-refractivity contribution in [3.05, 3.63) is 89.4 Å². The standard InChI is InChI=1S/C33H40ClN3O5S/c1-3-31(33(39)35-26-14-7-5-8-15-26)36(23-25-13-11-12-18-30(25)34)32(38)24-37(27-19-21-28(22-20-27)42-4-2)43(40,41)29-16-9-6-10-17-29/h6,9-13,16-22,26,31H,3-5,7-8,14-15,23-24H2,1-2H3,(H,35,39)/t31-/m0/s1. The van der Waals surface area contributed by atoms with E-state index < -0.39 is 28.5 Å². The molecule has 0 bridgehead atoms. The van der Waals surface area contributed by atoms with E-state index in [2.05, 4.69) is 5.32 Å². The fourth-order valence-electron chi connectivity index (χ4n) is 5.40. The highest BCUT2D eigenvalue weighted by Gasteiger charge is 2.34. The first-order valence-electron chi connectivity index (χ1n) is 14.9. The van der Waals surface area contributed by atoms with E-state index in [1.807, 2.05) is 19.9 Å². The van der Waals surface area contributed by atoms with Crippen molar-refractivity contribution in [1.29, 1.82) is 0 Å². The maximum atomic E-state index is 14.3. The molecule has 1 N–H and O–H groups in total. The van der Waals surface area contributed by atoms with E-state index in [1.54, 1.807) is 60.7 Å². The van der Waals surface area contributed by atoms with Crippen molar-refractivity contribution in [1.82, 2.24) is 10.2 Å². The summed E-state index contributed by atoms with van der Waals surface area (Å²) in [5, 5.41) is 3.61. The Morgan fingerprint density at radius 2 is 1.58 bits per heavy atom. The van der Waals surface area contributed by atoms with Crippen molar-refractivity contribution >= 4 is 39.1 Å². The zero-order chi connectivity index (χ0) is 30.8. The van der Waals surface area contributed by atoms with Crippen LogP contribution in [0.2, 0.25) is 5.02 Å². The first-order chi connectivity index (χ1) is 20.7. The number of nitrogens with one attached hydrogen (secondary N) is 1. The van der Waals surface area contributed by atoms with E-state index in [0.717, 1.165) is 36.4 Å². The quantitative estimate of drug-likeness (QED) is 0.244. The van der Waals surface area contributed by atoms with Crippen molar-refractivity contribution in [3.63, 3.8) is 0 Å². The molecule has 1 atom stereocenters. The lowest BCUT2D eigenvalue weighted by Crippen LogP contribution is -2.54. The van der Waals surface area contributed by atoms with Crippen LogP contribution in [0, 0.1) is 0 Å². The van der Waals surface area contributed by atoms with Crippen molar-refractivity contribution in [2.45, 2.75) is 75.9 Å². The Kier molecular flexibility index (Phi) is 11.5. The smallest absolute Gasteiger partial charge is 0.264 e. The number of anilines is 1. The van der Waals surface area contributed by atoms with Gasteiger partial charge in [-0.1, -0.05) is 74.2 Å². The first kappa shape index (κ1) is 32.4. The summed E-state index contributed by atoms with van der Waals surface area (Å²) < 4.78 is 34.6. The fourth-order valence-corrected chi connectivity index (χ4v) is 7.03. The van der Waals surface area contributed by atoms with E-state index in [0.29, 0.717) is 35.1 Å². The normalized spacial score (nSPS) is 14.5. The van der Waals surface area contributed by atoms with Gasteiger partial charge >= 0.3 is 0 Å². The number of benzene rings is 3. The molecule has 0 saturated heterocycles. The predicted octanol–water partition coefficient (Wildman–Crippen LogP) is 6.19. The second kappa shape index (κ2) is 15.3. The zero-order valence-electron chi connectivity index (χ0n) is 24.7. The molecule has 1 aliphatic rings. The van der Waals surface area contributed by atoms with Gasteiger partial charge in [0.25, 0.3) is 10.0 Å². The highest BCUT2D eigenvalue weighted by molar-refractivity contribution is 7.92. The van der Waals surface area contributed by atoms with Crippen molar-refractivity contribution in [2.75, 3.05) is 17.5 Å².